The number of rotatable bonds is 7. The van der Waals surface area contributed by atoms with E-state index in [1.165, 1.54) is 5.69 Å². The summed E-state index contributed by atoms with van der Waals surface area (Å²) < 4.78 is 10.5. The van der Waals surface area contributed by atoms with Crippen LogP contribution in [0.15, 0.2) is 18.2 Å². The Bertz CT molecular complexity index is 436. The van der Waals surface area contributed by atoms with E-state index in [-0.39, 0.29) is 0 Å². The summed E-state index contributed by atoms with van der Waals surface area (Å²) in [7, 11) is 3.86. The number of halogens is 1. The van der Waals surface area contributed by atoms with Gasteiger partial charge in [0.05, 0.1) is 6.61 Å². The lowest BCUT2D eigenvalue weighted by atomic mass is 10.0. The molecule has 1 fully saturated rings. The molecule has 0 aromatic heterocycles. The summed E-state index contributed by atoms with van der Waals surface area (Å²) in [5.41, 5.74) is 2.36. The Morgan fingerprint density at radius 1 is 1.38 bits per heavy atom. The van der Waals surface area contributed by atoms with Gasteiger partial charge in [-0.2, -0.15) is 0 Å². The lowest BCUT2D eigenvalue weighted by Gasteiger charge is -2.34. The van der Waals surface area contributed by atoms with Crippen LogP contribution in [0.25, 0.3) is 0 Å². The highest BCUT2D eigenvalue weighted by molar-refractivity contribution is 6.31. The van der Waals surface area contributed by atoms with Gasteiger partial charge in [0.25, 0.3) is 0 Å². The minimum Gasteiger partial charge on any atom is -0.383 e. The van der Waals surface area contributed by atoms with E-state index in [9.17, 15) is 0 Å². The SMILES string of the molecule is COCCNCc1c(Cl)cccc1N(C)C1CCOCC1. The number of anilines is 1. The van der Waals surface area contributed by atoms with Crippen LogP contribution in [0, 0.1) is 0 Å². The summed E-state index contributed by atoms with van der Waals surface area (Å²) in [5.74, 6) is 0. The smallest absolute Gasteiger partial charge is 0.0587 e. The van der Waals surface area contributed by atoms with E-state index in [1.54, 1.807) is 7.11 Å². The Balaban J connectivity index is 2.08. The van der Waals surface area contributed by atoms with Gasteiger partial charge in [-0.1, -0.05) is 17.7 Å². The molecule has 2 rings (SSSR count). The van der Waals surface area contributed by atoms with Crippen LogP contribution in [0.4, 0.5) is 5.69 Å². The van der Waals surface area contributed by atoms with Gasteiger partial charge in [0.15, 0.2) is 0 Å². The number of hydrogen-bond acceptors (Lipinski definition) is 4. The summed E-state index contributed by atoms with van der Waals surface area (Å²) >= 11 is 6.40. The molecule has 0 saturated carbocycles. The topological polar surface area (TPSA) is 33.7 Å². The van der Waals surface area contributed by atoms with Gasteiger partial charge >= 0.3 is 0 Å². The molecule has 0 spiro atoms. The van der Waals surface area contributed by atoms with Gasteiger partial charge in [0.2, 0.25) is 0 Å². The van der Waals surface area contributed by atoms with Crippen molar-refractivity contribution in [3.05, 3.63) is 28.8 Å². The third-order valence-electron chi connectivity index (χ3n) is 4.00. The van der Waals surface area contributed by atoms with E-state index in [1.807, 2.05) is 12.1 Å². The number of hydrogen-bond donors (Lipinski definition) is 1. The second-order valence-electron chi connectivity index (χ2n) is 5.36. The summed E-state index contributed by atoms with van der Waals surface area (Å²) in [4.78, 5) is 2.35. The summed E-state index contributed by atoms with van der Waals surface area (Å²) in [5, 5.41) is 4.20. The average molecular weight is 313 g/mol. The molecule has 0 atom stereocenters. The van der Waals surface area contributed by atoms with Crippen LogP contribution in [-0.4, -0.2) is 46.6 Å². The summed E-state index contributed by atoms with van der Waals surface area (Å²) in [6, 6.07) is 6.65. The highest BCUT2D eigenvalue weighted by atomic mass is 35.5. The maximum Gasteiger partial charge on any atom is 0.0587 e. The van der Waals surface area contributed by atoms with Crippen molar-refractivity contribution in [1.82, 2.24) is 5.32 Å². The highest BCUT2D eigenvalue weighted by Crippen LogP contribution is 2.30. The number of nitrogens with one attached hydrogen (secondary N) is 1. The molecule has 1 heterocycles. The Morgan fingerprint density at radius 3 is 2.86 bits per heavy atom. The Hall–Kier alpha value is -0.810. The van der Waals surface area contributed by atoms with Crippen molar-refractivity contribution in [2.75, 3.05) is 45.4 Å². The molecule has 0 aliphatic carbocycles. The lowest BCUT2D eigenvalue weighted by Crippen LogP contribution is -2.37. The molecule has 118 valence electrons. The van der Waals surface area contributed by atoms with Crippen LogP contribution in [0.3, 0.4) is 0 Å². The zero-order chi connectivity index (χ0) is 15.1. The van der Waals surface area contributed by atoms with Gasteiger partial charge in [-0.05, 0) is 25.0 Å². The maximum absolute atomic E-state index is 6.40. The molecule has 1 aromatic carbocycles. The van der Waals surface area contributed by atoms with Gasteiger partial charge < -0.3 is 19.7 Å². The van der Waals surface area contributed by atoms with Gasteiger partial charge in [-0.25, -0.2) is 0 Å². The van der Waals surface area contributed by atoms with E-state index in [0.717, 1.165) is 49.7 Å². The molecule has 5 heteroatoms. The molecule has 0 radical (unpaired) electrons. The molecule has 0 bridgehead atoms. The summed E-state index contributed by atoms with van der Waals surface area (Å²) in [6.45, 7) is 3.97. The fourth-order valence-electron chi connectivity index (χ4n) is 2.71. The first-order valence-electron chi connectivity index (χ1n) is 7.51. The van der Waals surface area contributed by atoms with Crippen LogP contribution >= 0.6 is 11.6 Å². The molecule has 1 aromatic rings. The first-order valence-corrected chi connectivity index (χ1v) is 7.89. The van der Waals surface area contributed by atoms with Crippen LogP contribution in [0.2, 0.25) is 5.02 Å². The largest absolute Gasteiger partial charge is 0.383 e. The molecule has 1 aliphatic rings. The van der Waals surface area contributed by atoms with Crippen molar-refractivity contribution >= 4 is 17.3 Å². The first kappa shape index (κ1) is 16.6. The summed E-state index contributed by atoms with van der Waals surface area (Å²) in [6.07, 6.45) is 2.14. The van der Waals surface area contributed by atoms with Crippen molar-refractivity contribution in [3.8, 4) is 0 Å². The minimum absolute atomic E-state index is 0.523. The van der Waals surface area contributed by atoms with Crippen LogP contribution in [0.1, 0.15) is 18.4 Å². The van der Waals surface area contributed by atoms with Gasteiger partial charge in [-0.15, -0.1) is 0 Å². The zero-order valence-corrected chi connectivity index (χ0v) is 13.7. The van der Waals surface area contributed by atoms with E-state index in [2.05, 4.69) is 23.3 Å². The lowest BCUT2D eigenvalue weighted by molar-refractivity contribution is 0.0854. The fraction of sp³-hybridized carbons (Fsp3) is 0.625. The third-order valence-corrected chi connectivity index (χ3v) is 4.35. The Kier molecular flexibility index (Phi) is 6.77. The van der Waals surface area contributed by atoms with Crippen molar-refractivity contribution < 1.29 is 9.47 Å². The van der Waals surface area contributed by atoms with Crippen molar-refractivity contribution in [3.63, 3.8) is 0 Å². The molecular formula is C16H25ClN2O2. The Labute approximate surface area is 132 Å². The number of nitrogens with zero attached hydrogens (tertiary/aromatic N) is 1. The third kappa shape index (κ3) is 4.58. The van der Waals surface area contributed by atoms with E-state index >= 15 is 0 Å². The van der Waals surface area contributed by atoms with Crippen molar-refractivity contribution in [1.29, 1.82) is 0 Å². The Morgan fingerprint density at radius 2 is 2.14 bits per heavy atom. The van der Waals surface area contributed by atoms with Gasteiger partial charge in [-0.3, -0.25) is 0 Å². The molecule has 1 saturated heterocycles. The standard InChI is InChI=1S/C16H25ClN2O2/c1-19(13-6-9-21-10-7-13)16-5-3-4-15(17)14(16)12-18-8-11-20-2/h3-5,13,18H,6-12H2,1-2H3. The zero-order valence-electron chi connectivity index (χ0n) is 12.9. The molecule has 1 N–H and O–H groups in total. The fourth-order valence-corrected chi connectivity index (χ4v) is 2.95. The molecule has 0 unspecified atom stereocenters. The van der Waals surface area contributed by atoms with E-state index in [0.29, 0.717) is 12.6 Å². The van der Waals surface area contributed by atoms with Crippen molar-refractivity contribution in [2.24, 2.45) is 0 Å². The molecule has 0 amide bonds. The van der Waals surface area contributed by atoms with Crippen LogP contribution in [-0.2, 0) is 16.0 Å². The number of benzene rings is 1. The predicted octanol–water partition coefficient (Wildman–Crippen LogP) is 2.69. The monoisotopic (exact) mass is 312 g/mol. The van der Waals surface area contributed by atoms with E-state index in [4.69, 9.17) is 21.1 Å². The normalized spacial score (nSPS) is 16.1. The predicted molar refractivity (Wildman–Crippen MR) is 87.3 cm³/mol. The van der Waals surface area contributed by atoms with Gasteiger partial charge in [0.1, 0.15) is 0 Å². The van der Waals surface area contributed by atoms with Crippen LogP contribution in [0.5, 0.6) is 0 Å². The quantitative estimate of drug-likeness (QED) is 0.785. The second kappa shape index (κ2) is 8.59. The van der Waals surface area contributed by atoms with E-state index < -0.39 is 0 Å². The van der Waals surface area contributed by atoms with Gasteiger partial charge in [0, 0.05) is 62.8 Å². The molecule has 4 nitrogen and oxygen atoms in total. The van der Waals surface area contributed by atoms with Crippen molar-refractivity contribution in [2.45, 2.75) is 25.4 Å². The average Bonchev–Trinajstić information content (AvgIpc) is 2.53. The minimum atomic E-state index is 0.523. The maximum atomic E-state index is 6.40. The number of ether oxygens (including phenoxy) is 2. The number of methoxy groups -OCH3 is 1. The second-order valence-corrected chi connectivity index (χ2v) is 5.77. The molecular weight excluding hydrogens is 288 g/mol. The molecule has 1 aliphatic heterocycles. The highest BCUT2D eigenvalue weighted by Gasteiger charge is 2.21. The molecule has 21 heavy (non-hydrogen) atoms. The first-order chi connectivity index (χ1) is 10.2. The van der Waals surface area contributed by atoms with Crippen LogP contribution < -0.4 is 10.2 Å².